The average Bonchev–Trinajstić information content (AvgIpc) is 3.35. The van der Waals surface area contributed by atoms with Crippen LogP contribution in [0.1, 0.15) is 17.9 Å². The Balaban J connectivity index is 1.59. The Labute approximate surface area is 166 Å². The average molecular weight is 424 g/mol. The minimum absolute atomic E-state index is 0.0214. The molecule has 0 bridgehead atoms. The molecule has 3 aromatic rings. The number of benzene rings is 2. The smallest absolute Gasteiger partial charge is 0.314 e. The van der Waals surface area contributed by atoms with Crippen LogP contribution < -0.4 is 14.4 Å². The molecular weight excluding hydrogens is 409 g/mol. The van der Waals surface area contributed by atoms with E-state index in [2.05, 4.69) is 15.5 Å². The summed E-state index contributed by atoms with van der Waals surface area (Å²) < 4.78 is 63.9. The second-order valence-electron chi connectivity index (χ2n) is 6.16. The van der Waals surface area contributed by atoms with Gasteiger partial charge in [-0.2, -0.15) is 8.78 Å². The zero-order valence-electron chi connectivity index (χ0n) is 15.1. The number of aromatic nitrogens is 2. The van der Waals surface area contributed by atoms with Gasteiger partial charge in [-0.05, 0) is 24.3 Å². The first-order chi connectivity index (χ1) is 13.9. The van der Waals surface area contributed by atoms with Crippen molar-refractivity contribution in [1.29, 1.82) is 0 Å². The molecule has 1 aliphatic rings. The highest BCUT2D eigenvalue weighted by molar-refractivity contribution is 7.85. The van der Waals surface area contributed by atoms with Crippen LogP contribution in [-0.4, -0.2) is 27.4 Å². The Morgan fingerprint density at radius 2 is 2.07 bits per heavy atom. The molecule has 1 unspecified atom stereocenters. The van der Waals surface area contributed by atoms with E-state index in [0.717, 1.165) is 11.8 Å². The van der Waals surface area contributed by atoms with Crippen molar-refractivity contribution in [3.8, 4) is 17.2 Å². The van der Waals surface area contributed by atoms with Crippen molar-refractivity contribution in [3.05, 3.63) is 53.7 Å². The van der Waals surface area contributed by atoms with Crippen LogP contribution in [0.3, 0.4) is 0 Å². The van der Waals surface area contributed by atoms with E-state index in [1.165, 1.54) is 22.7 Å². The van der Waals surface area contributed by atoms with Gasteiger partial charge in [-0.15, -0.1) is 10.2 Å². The van der Waals surface area contributed by atoms with Gasteiger partial charge >= 0.3 is 6.43 Å². The first-order valence-corrected chi connectivity index (χ1v) is 9.96. The molecule has 2 aromatic carbocycles. The van der Waals surface area contributed by atoms with E-state index in [1.54, 1.807) is 18.2 Å². The lowest BCUT2D eigenvalue weighted by Gasteiger charge is -2.22. The molecule has 1 N–H and O–H groups in total. The van der Waals surface area contributed by atoms with Crippen molar-refractivity contribution in [3.63, 3.8) is 0 Å². The Bertz CT molecular complexity index is 1080. The zero-order valence-corrected chi connectivity index (χ0v) is 15.9. The minimum Gasteiger partial charge on any atom is -0.471 e. The largest absolute Gasteiger partial charge is 0.471 e. The van der Waals surface area contributed by atoms with E-state index in [1.807, 2.05) is 0 Å². The maximum Gasteiger partial charge on any atom is 0.314 e. The molecule has 0 saturated heterocycles. The summed E-state index contributed by atoms with van der Waals surface area (Å²) in [6.07, 6.45) is -1.41. The number of nitrogens with one attached hydrogen (secondary N) is 1. The third-order valence-electron chi connectivity index (χ3n) is 4.30. The van der Waals surface area contributed by atoms with Crippen LogP contribution in [0.5, 0.6) is 5.75 Å². The van der Waals surface area contributed by atoms with E-state index < -0.39 is 29.1 Å². The molecule has 29 heavy (non-hydrogen) atoms. The standard InChI is InChI=1S/C18H15F3N4O3S/c1-29(26)25(12-4-5-14-15(7-12)27-9-22-14)8-11-3-2-10(6-13(11)19)17-23-24-18(28-17)16(20)21/h2-7,16,22H,8-9H2,1H3. The van der Waals surface area contributed by atoms with Gasteiger partial charge in [-0.25, -0.2) is 8.60 Å². The van der Waals surface area contributed by atoms with Gasteiger partial charge in [0.1, 0.15) is 22.6 Å². The predicted molar refractivity (Wildman–Crippen MR) is 100 cm³/mol. The minimum atomic E-state index is -2.90. The molecule has 4 rings (SSSR count). The number of rotatable bonds is 6. The first kappa shape index (κ1) is 19.2. The molecule has 152 valence electrons. The molecule has 0 amide bonds. The van der Waals surface area contributed by atoms with Gasteiger partial charge in [0, 0.05) is 23.4 Å². The summed E-state index contributed by atoms with van der Waals surface area (Å²) in [5.41, 5.74) is 1.87. The topological polar surface area (TPSA) is 80.5 Å². The Morgan fingerprint density at radius 1 is 1.24 bits per heavy atom. The zero-order chi connectivity index (χ0) is 20.5. The van der Waals surface area contributed by atoms with Gasteiger partial charge in [0.2, 0.25) is 5.89 Å². The molecule has 11 heteroatoms. The predicted octanol–water partition coefficient (Wildman–Crippen LogP) is 3.88. The second-order valence-corrected chi connectivity index (χ2v) is 7.45. The lowest BCUT2D eigenvalue weighted by atomic mass is 10.1. The van der Waals surface area contributed by atoms with Crippen LogP contribution in [0, 0.1) is 5.82 Å². The number of nitrogens with zero attached hydrogens (tertiary/aromatic N) is 3. The highest BCUT2D eigenvalue weighted by atomic mass is 32.2. The summed E-state index contributed by atoms with van der Waals surface area (Å²) in [6.45, 7) is 0.376. The molecule has 7 nitrogen and oxygen atoms in total. The van der Waals surface area contributed by atoms with Crippen LogP contribution in [0.4, 0.5) is 24.5 Å². The summed E-state index contributed by atoms with van der Waals surface area (Å²) in [5.74, 6) is -1.02. The number of anilines is 2. The summed E-state index contributed by atoms with van der Waals surface area (Å²) in [7, 11) is -1.44. The normalized spacial score (nSPS) is 13.7. The number of hydrogen-bond acceptors (Lipinski definition) is 6. The first-order valence-electron chi connectivity index (χ1n) is 8.44. The summed E-state index contributed by atoms with van der Waals surface area (Å²) >= 11 is 0. The molecule has 0 radical (unpaired) electrons. The highest BCUT2D eigenvalue weighted by Gasteiger charge is 2.20. The third kappa shape index (κ3) is 3.90. The number of halogens is 3. The van der Waals surface area contributed by atoms with Crippen molar-refractivity contribution >= 4 is 22.4 Å². The molecule has 2 heterocycles. The van der Waals surface area contributed by atoms with Crippen molar-refractivity contribution in [2.24, 2.45) is 0 Å². The van der Waals surface area contributed by atoms with Gasteiger partial charge in [0.15, 0.2) is 6.73 Å². The molecule has 0 fully saturated rings. The van der Waals surface area contributed by atoms with Crippen LogP contribution >= 0.6 is 0 Å². The van der Waals surface area contributed by atoms with Crippen molar-refractivity contribution in [1.82, 2.24) is 10.2 Å². The Kier molecular flexibility index (Phi) is 5.14. The van der Waals surface area contributed by atoms with Gasteiger partial charge in [-0.3, -0.25) is 4.31 Å². The van der Waals surface area contributed by atoms with Gasteiger partial charge in [0.25, 0.3) is 5.89 Å². The molecule has 0 aliphatic carbocycles. The summed E-state index contributed by atoms with van der Waals surface area (Å²) in [5, 5.41) is 9.78. The fourth-order valence-corrected chi connectivity index (χ4v) is 3.59. The third-order valence-corrected chi connectivity index (χ3v) is 5.26. The monoisotopic (exact) mass is 424 g/mol. The quantitative estimate of drug-likeness (QED) is 0.647. The van der Waals surface area contributed by atoms with E-state index in [-0.39, 0.29) is 23.6 Å². The maximum absolute atomic E-state index is 14.7. The van der Waals surface area contributed by atoms with Crippen molar-refractivity contribution < 1.29 is 26.5 Å². The molecular formula is C18H15F3N4O3S. The van der Waals surface area contributed by atoms with Crippen LogP contribution in [0.15, 0.2) is 40.8 Å². The van der Waals surface area contributed by atoms with Crippen LogP contribution in [0.25, 0.3) is 11.5 Å². The molecule has 1 atom stereocenters. The van der Waals surface area contributed by atoms with E-state index in [0.29, 0.717) is 18.2 Å². The van der Waals surface area contributed by atoms with Crippen LogP contribution in [0.2, 0.25) is 0 Å². The fourth-order valence-electron chi connectivity index (χ4n) is 2.86. The lowest BCUT2D eigenvalue weighted by molar-refractivity contribution is 0.116. The SMILES string of the molecule is CS(=O)N(Cc1ccc(-c2nnc(C(F)F)o2)cc1F)c1ccc2c(c1)OCN2. The van der Waals surface area contributed by atoms with E-state index >= 15 is 0 Å². The fraction of sp³-hybridized carbons (Fsp3) is 0.222. The maximum atomic E-state index is 14.7. The Morgan fingerprint density at radius 3 is 2.76 bits per heavy atom. The van der Waals surface area contributed by atoms with Crippen molar-refractivity contribution in [2.75, 3.05) is 22.6 Å². The van der Waals surface area contributed by atoms with Gasteiger partial charge in [-0.1, -0.05) is 6.07 Å². The molecule has 1 aliphatic heterocycles. The van der Waals surface area contributed by atoms with Crippen molar-refractivity contribution in [2.45, 2.75) is 13.0 Å². The van der Waals surface area contributed by atoms with E-state index in [9.17, 15) is 17.4 Å². The Hall–Kier alpha value is -3.08. The summed E-state index contributed by atoms with van der Waals surface area (Å²) in [6, 6.07) is 9.35. The lowest BCUT2D eigenvalue weighted by Crippen LogP contribution is -2.24. The number of fused-ring (bicyclic) bond motifs is 1. The molecule has 0 saturated carbocycles. The number of hydrogen-bond donors (Lipinski definition) is 1. The highest BCUT2D eigenvalue weighted by Crippen LogP contribution is 2.34. The summed E-state index contributed by atoms with van der Waals surface area (Å²) in [4.78, 5) is 0. The second kappa shape index (κ2) is 7.74. The van der Waals surface area contributed by atoms with E-state index in [4.69, 9.17) is 9.15 Å². The number of alkyl halides is 2. The molecule has 1 aromatic heterocycles. The van der Waals surface area contributed by atoms with Gasteiger partial charge < -0.3 is 14.5 Å². The molecule has 0 spiro atoms. The number of ether oxygens (including phenoxy) is 1. The van der Waals surface area contributed by atoms with Crippen LogP contribution in [-0.2, 0) is 17.5 Å². The van der Waals surface area contributed by atoms with Gasteiger partial charge in [0.05, 0.1) is 17.9 Å².